The van der Waals surface area contributed by atoms with E-state index in [1.54, 1.807) is 6.08 Å². The van der Waals surface area contributed by atoms with E-state index in [0.717, 1.165) is 43.1 Å². The molecule has 4 nitrogen and oxygen atoms in total. The Morgan fingerprint density at radius 1 is 0.724 bits per heavy atom. The number of para-hydroxylation sites is 3. The molecule has 1 aliphatic rings. The van der Waals surface area contributed by atoms with Gasteiger partial charge in [-0.1, -0.05) is 60.7 Å². The maximum Gasteiger partial charge on any atom is 0.248 e. The number of carbonyl (C=O) groups excluding carboxylic acids is 1. The van der Waals surface area contributed by atoms with Gasteiger partial charge in [0.15, 0.2) is 0 Å². The van der Waals surface area contributed by atoms with E-state index in [4.69, 9.17) is 0 Å². The molecule has 0 spiro atoms. The molecule has 0 bridgehead atoms. The molecule has 1 amide bonds. The van der Waals surface area contributed by atoms with Gasteiger partial charge in [0.05, 0.1) is 11.4 Å². The van der Waals surface area contributed by atoms with Crippen molar-refractivity contribution in [3.8, 4) is 0 Å². The monoisotopic (exact) mass is 383 g/mol. The Hall–Kier alpha value is -3.53. The fraction of sp³-hybridized carbons (Fsp3) is 0.160. The lowest BCUT2D eigenvalue weighted by Crippen LogP contribution is -2.46. The van der Waals surface area contributed by atoms with E-state index in [0.29, 0.717) is 0 Å². The Morgan fingerprint density at radius 3 is 2.03 bits per heavy atom. The quantitative estimate of drug-likeness (QED) is 0.651. The van der Waals surface area contributed by atoms with Gasteiger partial charge in [-0.25, -0.2) is 0 Å². The normalized spacial score (nSPS) is 14.2. The lowest BCUT2D eigenvalue weighted by molar-refractivity contribution is -0.111. The lowest BCUT2D eigenvalue weighted by atomic mass is 10.2. The highest BCUT2D eigenvalue weighted by molar-refractivity contribution is 6.03. The fourth-order valence-corrected chi connectivity index (χ4v) is 3.61. The van der Waals surface area contributed by atoms with Crippen LogP contribution in [0.3, 0.4) is 0 Å². The van der Waals surface area contributed by atoms with Crippen molar-refractivity contribution < 1.29 is 4.79 Å². The van der Waals surface area contributed by atoms with Gasteiger partial charge in [-0.15, -0.1) is 0 Å². The second-order valence-corrected chi connectivity index (χ2v) is 7.06. The van der Waals surface area contributed by atoms with Crippen molar-refractivity contribution in [1.29, 1.82) is 0 Å². The largest absolute Gasteiger partial charge is 0.368 e. The zero-order valence-corrected chi connectivity index (χ0v) is 16.4. The molecule has 1 N–H and O–H groups in total. The van der Waals surface area contributed by atoms with Crippen molar-refractivity contribution in [1.82, 2.24) is 0 Å². The summed E-state index contributed by atoms with van der Waals surface area (Å²) in [5, 5.41) is 3.04. The van der Waals surface area contributed by atoms with Crippen molar-refractivity contribution in [2.24, 2.45) is 0 Å². The Bertz CT molecular complexity index is 962. The molecule has 0 saturated carbocycles. The second kappa shape index (κ2) is 9.11. The van der Waals surface area contributed by atoms with Gasteiger partial charge in [0.25, 0.3) is 0 Å². The zero-order valence-electron chi connectivity index (χ0n) is 16.4. The summed E-state index contributed by atoms with van der Waals surface area (Å²) in [6, 6.07) is 28.4. The minimum Gasteiger partial charge on any atom is -0.368 e. The molecule has 1 fully saturated rings. The molecular formula is C25H25N3O. The van der Waals surface area contributed by atoms with E-state index in [1.807, 2.05) is 60.7 Å². The molecule has 4 rings (SSSR count). The molecule has 1 saturated heterocycles. The summed E-state index contributed by atoms with van der Waals surface area (Å²) in [7, 11) is 0. The summed E-state index contributed by atoms with van der Waals surface area (Å²) in [5.41, 5.74) is 4.19. The van der Waals surface area contributed by atoms with Crippen molar-refractivity contribution in [3.63, 3.8) is 0 Å². The molecule has 0 aromatic heterocycles. The average Bonchev–Trinajstić information content (AvgIpc) is 2.79. The number of nitrogens with zero attached hydrogens (tertiary/aromatic N) is 2. The molecule has 1 aliphatic heterocycles. The number of carbonyl (C=O) groups is 1. The predicted octanol–water partition coefficient (Wildman–Crippen LogP) is 4.67. The van der Waals surface area contributed by atoms with Crippen LogP contribution in [-0.4, -0.2) is 32.1 Å². The average molecular weight is 383 g/mol. The SMILES string of the molecule is O=C(/C=C/c1ccccc1)Nc1ccccc1N1CCN(c2ccccc2)CC1. The van der Waals surface area contributed by atoms with Crippen LogP contribution in [0, 0.1) is 0 Å². The second-order valence-electron chi connectivity index (χ2n) is 7.06. The van der Waals surface area contributed by atoms with Crippen LogP contribution < -0.4 is 15.1 Å². The van der Waals surface area contributed by atoms with Crippen LogP contribution in [-0.2, 0) is 4.79 Å². The molecule has 0 radical (unpaired) electrons. The third kappa shape index (κ3) is 4.85. The maximum atomic E-state index is 12.4. The molecule has 0 atom stereocenters. The number of hydrogen-bond acceptors (Lipinski definition) is 3. The van der Waals surface area contributed by atoms with E-state index >= 15 is 0 Å². The number of benzene rings is 3. The number of hydrogen-bond donors (Lipinski definition) is 1. The van der Waals surface area contributed by atoms with Crippen LogP contribution >= 0.6 is 0 Å². The van der Waals surface area contributed by atoms with Gasteiger partial charge in [-0.2, -0.15) is 0 Å². The topological polar surface area (TPSA) is 35.6 Å². The van der Waals surface area contributed by atoms with Gasteiger partial charge in [0.2, 0.25) is 5.91 Å². The van der Waals surface area contributed by atoms with Crippen molar-refractivity contribution in [2.75, 3.05) is 41.3 Å². The Labute approximate surface area is 172 Å². The van der Waals surface area contributed by atoms with Gasteiger partial charge >= 0.3 is 0 Å². The van der Waals surface area contributed by atoms with E-state index in [9.17, 15) is 4.79 Å². The van der Waals surface area contributed by atoms with Crippen molar-refractivity contribution in [3.05, 3.63) is 96.6 Å². The van der Waals surface area contributed by atoms with Gasteiger partial charge in [0.1, 0.15) is 0 Å². The number of anilines is 3. The zero-order chi connectivity index (χ0) is 19.9. The Kier molecular flexibility index (Phi) is 5.91. The van der Waals surface area contributed by atoms with Crippen LogP contribution in [0.15, 0.2) is 91.0 Å². The van der Waals surface area contributed by atoms with E-state index < -0.39 is 0 Å². The first-order valence-corrected chi connectivity index (χ1v) is 9.98. The first-order chi connectivity index (χ1) is 14.3. The standard InChI is InChI=1S/C25H25N3O/c29-25(16-15-21-9-3-1-4-10-21)26-23-13-7-8-14-24(23)28-19-17-27(18-20-28)22-11-5-2-6-12-22/h1-16H,17-20H2,(H,26,29)/b16-15+. The highest BCUT2D eigenvalue weighted by Crippen LogP contribution is 2.27. The minimum absolute atomic E-state index is 0.121. The Morgan fingerprint density at radius 2 is 1.31 bits per heavy atom. The number of rotatable bonds is 5. The molecule has 3 aromatic carbocycles. The summed E-state index contributed by atoms with van der Waals surface area (Å²) in [4.78, 5) is 17.2. The molecule has 29 heavy (non-hydrogen) atoms. The molecule has 0 unspecified atom stereocenters. The maximum absolute atomic E-state index is 12.4. The van der Waals surface area contributed by atoms with Crippen LogP contribution in [0.5, 0.6) is 0 Å². The molecule has 3 aromatic rings. The smallest absolute Gasteiger partial charge is 0.248 e. The predicted molar refractivity (Wildman–Crippen MR) is 121 cm³/mol. The number of amides is 1. The molecular weight excluding hydrogens is 358 g/mol. The van der Waals surface area contributed by atoms with E-state index in [2.05, 4.69) is 45.4 Å². The van der Waals surface area contributed by atoms with Gasteiger partial charge in [-0.05, 0) is 35.9 Å². The van der Waals surface area contributed by atoms with Crippen LogP contribution in [0.25, 0.3) is 6.08 Å². The Balaban J connectivity index is 1.41. The van der Waals surface area contributed by atoms with Gasteiger partial charge < -0.3 is 15.1 Å². The van der Waals surface area contributed by atoms with Crippen molar-refractivity contribution >= 4 is 29.0 Å². The fourth-order valence-electron chi connectivity index (χ4n) is 3.61. The first kappa shape index (κ1) is 18.8. The minimum atomic E-state index is -0.121. The number of nitrogens with one attached hydrogen (secondary N) is 1. The first-order valence-electron chi connectivity index (χ1n) is 9.98. The van der Waals surface area contributed by atoms with Crippen LogP contribution in [0.4, 0.5) is 17.1 Å². The van der Waals surface area contributed by atoms with Crippen LogP contribution in [0.1, 0.15) is 5.56 Å². The molecule has 4 heteroatoms. The van der Waals surface area contributed by atoms with Crippen LogP contribution in [0.2, 0.25) is 0 Å². The summed E-state index contributed by atoms with van der Waals surface area (Å²) in [6.07, 6.45) is 3.41. The highest BCUT2D eigenvalue weighted by Gasteiger charge is 2.19. The summed E-state index contributed by atoms with van der Waals surface area (Å²) in [5.74, 6) is -0.121. The molecule has 146 valence electrons. The summed E-state index contributed by atoms with van der Waals surface area (Å²) < 4.78 is 0. The molecule has 1 heterocycles. The lowest BCUT2D eigenvalue weighted by Gasteiger charge is -2.38. The van der Waals surface area contributed by atoms with Gasteiger partial charge in [-0.3, -0.25) is 4.79 Å². The summed E-state index contributed by atoms with van der Waals surface area (Å²) >= 11 is 0. The van der Waals surface area contributed by atoms with E-state index in [1.165, 1.54) is 5.69 Å². The summed E-state index contributed by atoms with van der Waals surface area (Å²) in [6.45, 7) is 3.75. The molecule has 0 aliphatic carbocycles. The van der Waals surface area contributed by atoms with Crippen molar-refractivity contribution in [2.45, 2.75) is 0 Å². The van der Waals surface area contributed by atoms with Gasteiger partial charge in [0, 0.05) is 37.9 Å². The third-order valence-electron chi connectivity index (χ3n) is 5.13. The number of piperazine rings is 1. The van der Waals surface area contributed by atoms with E-state index in [-0.39, 0.29) is 5.91 Å². The third-order valence-corrected chi connectivity index (χ3v) is 5.13. The highest BCUT2D eigenvalue weighted by atomic mass is 16.1.